The van der Waals surface area contributed by atoms with E-state index in [1.54, 1.807) is 0 Å². The van der Waals surface area contributed by atoms with Gasteiger partial charge in [-0.3, -0.25) is 4.90 Å². The molecule has 1 aliphatic heterocycles. The van der Waals surface area contributed by atoms with Crippen LogP contribution in [0.5, 0.6) is 0 Å². The van der Waals surface area contributed by atoms with E-state index in [0.29, 0.717) is 0 Å². The van der Waals surface area contributed by atoms with Crippen molar-refractivity contribution >= 4 is 5.69 Å². The molecule has 0 unspecified atom stereocenters. The van der Waals surface area contributed by atoms with Gasteiger partial charge in [0, 0.05) is 18.8 Å². The van der Waals surface area contributed by atoms with E-state index in [4.69, 9.17) is 5.11 Å². The fourth-order valence-electron chi connectivity index (χ4n) is 1.43. The minimum absolute atomic E-state index is 0.113. The van der Waals surface area contributed by atoms with E-state index in [0.717, 1.165) is 25.4 Å². The summed E-state index contributed by atoms with van der Waals surface area (Å²) in [5.74, 6) is 0. The van der Waals surface area contributed by atoms with Crippen LogP contribution in [0.3, 0.4) is 0 Å². The summed E-state index contributed by atoms with van der Waals surface area (Å²) in [4.78, 5) is 2.16. The van der Waals surface area contributed by atoms with Crippen molar-refractivity contribution in [2.45, 2.75) is 6.10 Å². The highest BCUT2D eigenvalue weighted by molar-refractivity contribution is 5.42. The van der Waals surface area contributed by atoms with Gasteiger partial charge in [-0.15, -0.1) is 0 Å². The lowest BCUT2D eigenvalue weighted by Gasteiger charge is -2.35. The van der Waals surface area contributed by atoms with Crippen molar-refractivity contribution in [3.8, 4) is 0 Å². The molecule has 2 N–H and O–H groups in total. The third kappa shape index (κ3) is 2.20. The van der Waals surface area contributed by atoms with Gasteiger partial charge in [0.2, 0.25) is 0 Å². The summed E-state index contributed by atoms with van der Waals surface area (Å²) in [5.41, 5.74) is 1.13. The van der Waals surface area contributed by atoms with Crippen LogP contribution in [0.2, 0.25) is 0 Å². The molecular formula is C10H14N2O. The summed E-state index contributed by atoms with van der Waals surface area (Å²) in [6, 6.07) is 10.1. The Kier molecular flexibility index (Phi) is 2.47. The zero-order valence-electron chi connectivity index (χ0n) is 7.48. The van der Waals surface area contributed by atoms with Gasteiger partial charge in [-0.2, -0.15) is 0 Å². The number of hydrogen-bond donors (Lipinski definition) is 2. The summed E-state index contributed by atoms with van der Waals surface area (Å²) < 4.78 is 0. The standard InChI is InChI=1S/C10H14N2O/c13-10-6-12(7-10)8-11-9-4-2-1-3-5-9/h1-5,10-11,13H,6-8H2. The minimum Gasteiger partial charge on any atom is -0.390 e. The Morgan fingerprint density at radius 2 is 2.00 bits per heavy atom. The predicted octanol–water partition coefficient (Wildman–Crippen LogP) is 0.732. The fourth-order valence-corrected chi connectivity index (χ4v) is 1.43. The van der Waals surface area contributed by atoms with Gasteiger partial charge in [0.25, 0.3) is 0 Å². The van der Waals surface area contributed by atoms with Crippen molar-refractivity contribution in [2.24, 2.45) is 0 Å². The number of hydrogen-bond acceptors (Lipinski definition) is 3. The molecule has 2 rings (SSSR count). The first kappa shape index (κ1) is 8.53. The molecule has 1 saturated heterocycles. The molecular weight excluding hydrogens is 164 g/mol. The van der Waals surface area contributed by atoms with Crippen molar-refractivity contribution < 1.29 is 5.11 Å². The van der Waals surface area contributed by atoms with E-state index in [1.807, 2.05) is 30.3 Å². The SMILES string of the molecule is OC1CN(CNc2ccccc2)C1. The average Bonchev–Trinajstić information content (AvgIpc) is 2.12. The Morgan fingerprint density at radius 3 is 2.62 bits per heavy atom. The summed E-state index contributed by atoms with van der Waals surface area (Å²) in [6.45, 7) is 2.40. The molecule has 0 amide bonds. The Bertz CT molecular complexity index is 257. The normalized spacial score (nSPS) is 18.2. The molecule has 1 heterocycles. The van der Waals surface area contributed by atoms with Crippen molar-refractivity contribution in [1.82, 2.24) is 4.90 Å². The van der Waals surface area contributed by atoms with Crippen LogP contribution in [0, 0.1) is 0 Å². The van der Waals surface area contributed by atoms with Crippen molar-refractivity contribution in [2.75, 3.05) is 25.1 Å². The minimum atomic E-state index is -0.113. The maximum Gasteiger partial charge on any atom is 0.0795 e. The Labute approximate surface area is 78.0 Å². The summed E-state index contributed by atoms with van der Waals surface area (Å²) in [7, 11) is 0. The molecule has 0 spiro atoms. The predicted molar refractivity (Wildman–Crippen MR) is 52.5 cm³/mol. The van der Waals surface area contributed by atoms with E-state index < -0.39 is 0 Å². The average molecular weight is 178 g/mol. The largest absolute Gasteiger partial charge is 0.390 e. The van der Waals surface area contributed by atoms with Gasteiger partial charge < -0.3 is 10.4 Å². The number of rotatable bonds is 3. The van der Waals surface area contributed by atoms with Gasteiger partial charge >= 0.3 is 0 Å². The Morgan fingerprint density at radius 1 is 1.31 bits per heavy atom. The van der Waals surface area contributed by atoms with Gasteiger partial charge in [-0.1, -0.05) is 18.2 Å². The molecule has 70 valence electrons. The lowest BCUT2D eigenvalue weighted by Crippen LogP contribution is -2.52. The third-order valence-electron chi connectivity index (χ3n) is 2.22. The molecule has 3 nitrogen and oxygen atoms in total. The highest BCUT2D eigenvalue weighted by Gasteiger charge is 2.23. The molecule has 0 aliphatic carbocycles. The smallest absolute Gasteiger partial charge is 0.0795 e. The molecule has 0 bridgehead atoms. The fraction of sp³-hybridized carbons (Fsp3) is 0.400. The second-order valence-electron chi connectivity index (χ2n) is 3.39. The van der Waals surface area contributed by atoms with Crippen LogP contribution in [0.1, 0.15) is 0 Å². The molecule has 0 saturated carbocycles. The van der Waals surface area contributed by atoms with Crippen molar-refractivity contribution in [3.05, 3.63) is 30.3 Å². The molecule has 0 radical (unpaired) electrons. The number of β-amino-alcohol motifs (C(OH)–C–C–N with tert-alkyl or cyclic N) is 1. The summed E-state index contributed by atoms with van der Waals surface area (Å²) >= 11 is 0. The molecule has 3 heteroatoms. The monoisotopic (exact) mass is 178 g/mol. The molecule has 0 aromatic heterocycles. The molecule has 13 heavy (non-hydrogen) atoms. The van der Waals surface area contributed by atoms with Gasteiger partial charge in [0.05, 0.1) is 12.8 Å². The van der Waals surface area contributed by atoms with E-state index in [9.17, 15) is 0 Å². The number of nitrogens with zero attached hydrogens (tertiary/aromatic N) is 1. The van der Waals surface area contributed by atoms with E-state index >= 15 is 0 Å². The first-order valence-corrected chi connectivity index (χ1v) is 4.54. The number of aliphatic hydroxyl groups is 1. The second-order valence-corrected chi connectivity index (χ2v) is 3.39. The third-order valence-corrected chi connectivity index (χ3v) is 2.22. The number of para-hydroxylation sites is 1. The van der Waals surface area contributed by atoms with Crippen LogP contribution in [-0.2, 0) is 0 Å². The van der Waals surface area contributed by atoms with E-state index in [-0.39, 0.29) is 6.10 Å². The van der Waals surface area contributed by atoms with Crippen LogP contribution < -0.4 is 5.32 Å². The number of aliphatic hydroxyl groups excluding tert-OH is 1. The van der Waals surface area contributed by atoms with Gasteiger partial charge in [0.1, 0.15) is 0 Å². The quantitative estimate of drug-likeness (QED) is 0.716. The topological polar surface area (TPSA) is 35.5 Å². The van der Waals surface area contributed by atoms with Crippen LogP contribution >= 0.6 is 0 Å². The molecule has 1 fully saturated rings. The lowest BCUT2D eigenvalue weighted by atomic mass is 10.2. The van der Waals surface area contributed by atoms with Gasteiger partial charge in [-0.05, 0) is 12.1 Å². The molecule has 1 aliphatic rings. The zero-order chi connectivity index (χ0) is 9.10. The maximum atomic E-state index is 9.05. The molecule has 0 atom stereocenters. The van der Waals surface area contributed by atoms with Gasteiger partial charge in [-0.25, -0.2) is 0 Å². The van der Waals surface area contributed by atoms with E-state index in [2.05, 4.69) is 10.2 Å². The summed E-state index contributed by atoms with van der Waals surface area (Å²) in [6.07, 6.45) is -0.113. The summed E-state index contributed by atoms with van der Waals surface area (Å²) in [5, 5.41) is 12.3. The maximum absolute atomic E-state index is 9.05. The Balaban J connectivity index is 1.74. The van der Waals surface area contributed by atoms with Crippen LogP contribution in [0.4, 0.5) is 5.69 Å². The molecule has 1 aromatic carbocycles. The molecule has 1 aromatic rings. The lowest BCUT2D eigenvalue weighted by molar-refractivity contribution is 0.00712. The first-order valence-electron chi connectivity index (χ1n) is 4.54. The highest BCUT2D eigenvalue weighted by Crippen LogP contribution is 2.09. The van der Waals surface area contributed by atoms with Crippen molar-refractivity contribution in [3.63, 3.8) is 0 Å². The van der Waals surface area contributed by atoms with Crippen LogP contribution in [0.25, 0.3) is 0 Å². The van der Waals surface area contributed by atoms with Crippen LogP contribution in [-0.4, -0.2) is 35.9 Å². The number of likely N-dealkylation sites (tertiary alicyclic amines) is 1. The number of benzene rings is 1. The second kappa shape index (κ2) is 3.77. The zero-order valence-corrected chi connectivity index (χ0v) is 7.48. The van der Waals surface area contributed by atoms with E-state index in [1.165, 1.54) is 0 Å². The highest BCUT2D eigenvalue weighted by atomic mass is 16.3. The van der Waals surface area contributed by atoms with Crippen molar-refractivity contribution in [1.29, 1.82) is 0 Å². The number of nitrogens with one attached hydrogen (secondary N) is 1. The Hall–Kier alpha value is -1.06. The van der Waals surface area contributed by atoms with Gasteiger partial charge in [0.15, 0.2) is 0 Å². The first-order chi connectivity index (χ1) is 6.34. The number of anilines is 1. The van der Waals surface area contributed by atoms with Crippen LogP contribution in [0.15, 0.2) is 30.3 Å².